The molecule has 25 heavy (non-hydrogen) atoms. The van der Waals surface area contributed by atoms with Crippen LogP contribution < -0.4 is 0 Å². The number of halogens is 1. The molecule has 2 aliphatic rings. The van der Waals surface area contributed by atoms with Gasteiger partial charge in [0.15, 0.2) is 5.17 Å². The van der Waals surface area contributed by atoms with E-state index in [4.69, 9.17) is 4.74 Å². The molecule has 0 bridgehead atoms. The summed E-state index contributed by atoms with van der Waals surface area (Å²) in [4.78, 5) is 31.5. The fourth-order valence-electron chi connectivity index (χ4n) is 2.90. The van der Waals surface area contributed by atoms with E-state index in [1.54, 1.807) is 23.6 Å². The van der Waals surface area contributed by atoms with Crippen molar-refractivity contribution in [1.82, 2.24) is 4.90 Å². The van der Waals surface area contributed by atoms with Gasteiger partial charge in [-0.2, -0.15) is 0 Å². The zero-order valence-corrected chi connectivity index (χ0v) is 16.7. The summed E-state index contributed by atoms with van der Waals surface area (Å²) in [6, 6.07) is 7.14. The van der Waals surface area contributed by atoms with E-state index in [0.29, 0.717) is 28.6 Å². The molecule has 2 aliphatic heterocycles. The topological polar surface area (TPSA) is 59.0 Å². The summed E-state index contributed by atoms with van der Waals surface area (Å²) in [5.74, 6) is 0.264. The molecule has 0 spiro atoms. The van der Waals surface area contributed by atoms with Gasteiger partial charge in [0.1, 0.15) is 0 Å². The number of carbonyl (C=O) groups is 2. The van der Waals surface area contributed by atoms with Crippen LogP contribution in [0.3, 0.4) is 0 Å². The quantitative estimate of drug-likeness (QED) is 0.689. The summed E-state index contributed by atoms with van der Waals surface area (Å²) in [5.41, 5.74) is 1.89. The Morgan fingerprint density at radius 3 is 2.68 bits per heavy atom. The summed E-state index contributed by atoms with van der Waals surface area (Å²) in [7, 11) is 0. The van der Waals surface area contributed by atoms with Crippen LogP contribution in [0.1, 0.15) is 38.8 Å². The maximum absolute atomic E-state index is 12.7. The molecule has 132 valence electrons. The number of thioether (sulfide) groups is 1. The molecule has 2 heterocycles. The van der Waals surface area contributed by atoms with E-state index >= 15 is 0 Å². The van der Waals surface area contributed by atoms with Crippen molar-refractivity contribution in [3.63, 3.8) is 0 Å². The highest BCUT2D eigenvalue weighted by Gasteiger charge is 2.41. The van der Waals surface area contributed by atoms with Crippen molar-refractivity contribution in [2.75, 3.05) is 5.75 Å². The van der Waals surface area contributed by atoms with Gasteiger partial charge in [-0.1, -0.05) is 39.8 Å². The minimum absolute atomic E-state index is 0.0206. The standard InChI is InChI=1S/C18H19BrN2O3S/c1-10(2)24-17(23)15-11(3)20-18-21(14(22)8-9-25-18)16(15)12-4-6-13(19)7-5-12/h4-7,10,16H,8-9H2,1-3H3/t16-/m1/s1. The molecule has 3 rings (SSSR count). The molecule has 5 nitrogen and oxygen atoms in total. The van der Waals surface area contributed by atoms with Gasteiger partial charge in [-0.15, -0.1) is 0 Å². The Hall–Kier alpha value is -1.60. The van der Waals surface area contributed by atoms with Gasteiger partial charge in [-0.25, -0.2) is 9.79 Å². The Morgan fingerprint density at radius 1 is 1.36 bits per heavy atom. The van der Waals surface area contributed by atoms with Gasteiger partial charge in [-0.05, 0) is 38.5 Å². The van der Waals surface area contributed by atoms with Crippen LogP contribution in [0.4, 0.5) is 0 Å². The molecule has 1 aromatic carbocycles. The SMILES string of the molecule is CC1=C(C(=O)OC(C)C)[C@@H](c2ccc(Br)cc2)N2C(=O)CCSC2=N1. The Labute approximate surface area is 159 Å². The number of amides is 1. The van der Waals surface area contributed by atoms with Crippen LogP contribution in [0.2, 0.25) is 0 Å². The van der Waals surface area contributed by atoms with E-state index in [2.05, 4.69) is 20.9 Å². The molecule has 0 radical (unpaired) electrons. The second kappa shape index (κ2) is 7.33. The lowest BCUT2D eigenvalue weighted by Crippen LogP contribution is -2.46. The summed E-state index contributed by atoms with van der Waals surface area (Å²) < 4.78 is 6.37. The summed E-state index contributed by atoms with van der Waals surface area (Å²) in [5, 5.41) is 0.655. The van der Waals surface area contributed by atoms with Crippen LogP contribution in [-0.2, 0) is 14.3 Å². The van der Waals surface area contributed by atoms with Crippen molar-refractivity contribution >= 4 is 44.7 Å². The normalized spacial score (nSPS) is 20.5. The number of nitrogens with zero attached hydrogens (tertiary/aromatic N) is 2. The second-order valence-corrected chi connectivity index (χ2v) is 8.14. The highest BCUT2D eigenvalue weighted by molar-refractivity contribution is 9.10. The number of hydrogen-bond donors (Lipinski definition) is 0. The molecule has 1 saturated heterocycles. The molecule has 0 aromatic heterocycles. The van der Waals surface area contributed by atoms with Gasteiger partial charge >= 0.3 is 5.97 Å². The van der Waals surface area contributed by atoms with Crippen LogP contribution in [0, 0.1) is 0 Å². The number of benzene rings is 1. The largest absolute Gasteiger partial charge is 0.459 e. The number of fused-ring (bicyclic) bond motifs is 1. The van der Waals surface area contributed by atoms with Gasteiger partial charge in [0.2, 0.25) is 5.91 Å². The highest BCUT2D eigenvalue weighted by atomic mass is 79.9. The van der Waals surface area contributed by atoms with Gasteiger partial charge in [0.05, 0.1) is 23.4 Å². The van der Waals surface area contributed by atoms with Crippen molar-refractivity contribution in [2.45, 2.75) is 39.3 Å². The first-order chi connectivity index (χ1) is 11.9. The third-order valence-corrected chi connectivity index (χ3v) is 5.44. The van der Waals surface area contributed by atoms with E-state index in [1.807, 2.05) is 38.1 Å². The lowest BCUT2D eigenvalue weighted by Gasteiger charge is -2.39. The Bertz CT molecular complexity index is 771. The number of allylic oxidation sites excluding steroid dienone is 1. The fraction of sp³-hybridized carbons (Fsp3) is 0.389. The average Bonchev–Trinajstić information content (AvgIpc) is 2.53. The molecule has 0 saturated carbocycles. The molecule has 1 aromatic rings. The van der Waals surface area contributed by atoms with Gasteiger partial charge in [0, 0.05) is 16.6 Å². The predicted molar refractivity (Wildman–Crippen MR) is 102 cm³/mol. The summed E-state index contributed by atoms with van der Waals surface area (Å²) >= 11 is 4.97. The zero-order valence-electron chi connectivity index (χ0n) is 14.3. The number of ether oxygens (including phenoxy) is 1. The van der Waals surface area contributed by atoms with Crippen molar-refractivity contribution in [3.05, 3.63) is 45.6 Å². The second-order valence-electron chi connectivity index (χ2n) is 6.16. The van der Waals surface area contributed by atoms with E-state index in [1.165, 1.54) is 0 Å². The van der Waals surface area contributed by atoms with Crippen LogP contribution in [0.15, 0.2) is 45.0 Å². The van der Waals surface area contributed by atoms with Crippen molar-refractivity contribution in [2.24, 2.45) is 4.99 Å². The summed E-state index contributed by atoms with van der Waals surface area (Å²) in [6.45, 7) is 5.41. The molecule has 0 unspecified atom stereocenters. The predicted octanol–water partition coefficient (Wildman–Crippen LogP) is 4.05. The van der Waals surface area contributed by atoms with Gasteiger partial charge in [0.25, 0.3) is 0 Å². The lowest BCUT2D eigenvalue weighted by molar-refractivity contribution is -0.143. The molecule has 1 atom stereocenters. The highest BCUT2D eigenvalue weighted by Crippen LogP contribution is 2.40. The van der Waals surface area contributed by atoms with Crippen LogP contribution >= 0.6 is 27.7 Å². The molecule has 1 amide bonds. The number of carbonyl (C=O) groups excluding carboxylic acids is 2. The maximum Gasteiger partial charge on any atom is 0.338 e. The monoisotopic (exact) mass is 422 g/mol. The molecular formula is C18H19BrN2O3S. The van der Waals surface area contributed by atoms with E-state index < -0.39 is 12.0 Å². The van der Waals surface area contributed by atoms with E-state index in [-0.39, 0.29) is 12.0 Å². The molecule has 0 aliphatic carbocycles. The van der Waals surface area contributed by atoms with Crippen LogP contribution in [-0.4, -0.2) is 33.8 Å². The number of hydrogen-bond acceptors (Lipinski definition) is 5. The number of esters is 1. The number of amidine groups is 1. The molecular weight excluding hydrogens is 404 g/mol. The first kappa shape index (κ1) is 18.2. The minimum Gasteiger partial charge on any atom is -0.459 e. The van der Waals surface area contributed by atoms with Crippen molar-refractivity contribution in [1.29, 1.82) is 0 Å². The van der Waals surface area contributed by atoms with Crippen molar-refractivity contribution in [3.8, 4) is 0 Å². The number of rotatable bonds is 3. The third-order valence-electron chi connectivity index (χ3n) is 3.96. The molecule has 0 N–H and O–H groups in total. The Morgan fingerprint density at radius 2 is 2.04 bits per heavy atom. The zero-order chi connectivity index (χ0) is 18.1. The van der Waals surface area contributed by atoms with Gasteiger partial charge < -0.3 is 4.74 Å². The summed E-state index contributed by atoms with van der Waals surface area (Å²) in [6.07, 6.45) is 0.192. The van der Waals surface area contributed by atoms with Crippen LogP contribution in [0.25, 0.3) is 0 Å². The van der Waals surface area contributed by atoms with E-state index in [0.717, 1.165) is 10.0 Å². The number of aliphatic imine (C=N–C) groups is 1. The maximum atomic E-state index is 12.7. The van der Waals surface area contributed by atoms with Crippen LogP contribution in [0.5, 0.6) is 0 Å². The molecule has 1 fully saturated rings. The fourth-order valence-corrected chi connectivity index (χ4v) is 4.17. The van der Waals surface area contributed by atoms with Gasteiger partial charge in [-0.3, -0.25) is 9.69 Å². The van der Waals surface area contributed by atoms with E-state index in [9.17, 15) is 9.59 Å². The lowest BCUT2D eigenvalue weighted by atomic mass is 9.94. The first-order valence-electron chi connectivity index (χ1n) is 8.09. The first-order valence-corrected chi connectivity index (χ1v) is 9.87. The average molecular weight is 423 g/mol. The third kappa shape index (κ3) is 3.67. The van der Waals surface area contributed by atoms with Crippen molar-refractivity contribution < 1.29 is 14.3 Å². The molecule has 7 heteroatoms. The smallest absolute Gasteiger partial charge is 0.338 e. The Balaban J connectivity index is 2.12. The minimum atomic E-state index is -0.507. The Kier molecular flexibility index (Phi) is 5.34.